The van der Waals surface area contributed by atoms with Crippen LogP contribution in [0.1, 0.15) is 27.2 Å². The fraction of sp³-hybridized carbons (Fsp3) is 0.545. The van der Waals surface area contributed by atoms with Crippen LogP contribution in [0.4, 0.5) is 0 Å². The van der Waals surface area contributed by atoms with Gasteiger partial charge < -0.3 is 0 Å². The number of amides is 2. The van der Waals surface area contributed by atoms with Crippen molar-refractivity contribution in [3.63, 3.8) is 0 Å². The van der Waals surface area contributed by atoms with Crippen LogP contribution in [-0.4, -0.2) is 29.0 Å². The molecular formula is C11H15NO3. The first kappa shape index (κ1) is 11.6. The molecule has 1 aliphatic heterocycles. The van der Waals surface area contributed by atoms with E-state index >= 15 is 0 Å². The summed E-state index contributed by atoms with van der Waals surface area (Å²) in [5.74, 6) is -0.891. The van der Waals surface area contributed by atoms with E-state index in [2.05, 4.69) is 0 Å². The van der Waals surface area contributed by atoms with Gasteiger partial charge in [-0.05, 0) is 5.41 Å². The first-order valence-electron chi connectivity index (χ1n) is 4.85. The van der Waals surface area contributed by atoms with Crippen molar-refractivity contribution in [2.75, 3.05) is 6.54 Å². The van der Waals surface area contributed by atoms with Gasteiger partial charge in [-0.15, -0.1) is 0 Å². The molecule has 4 nitrogen and oxygen atoms in total. The van der Waals surface area contributed by atoms with Gasteiger partial charge in [0.05, 0.1) is 6.54 Å². The second-order valence-electron chi connectivity index (χ2n) is 4.87. The fourth-order valence-electron chi connectivity index (χ4n) is 1.41. The van der Waals surface area contributed by atoms with Crippen LogP contribution in [-0.2, 0) is 14.4 Å². The zero-order valence-electron chi connectivity index (χ0n) is 9.24. The van der Waals surface area contributed by atoms with E-state index in [1.54, 1.807) is 0 Å². The molecule has 0 spiro atoms. The summed E-state index contributed by atoms with van der Waals surface area (Å²) in [7, 11) is 0. The van der Waals surface area contributed by atoms with Gasteiger partial charge in [0.2, 0.25) is 0 Å². The molecule has 0 radical (unpaired) electrons. The normalized spacial score (nSPS) is 16.3. The highest BCUT2D eigenvalue weighted by atomic mass is 16.2. The van der Waals surface area contributed by atoms with Crippen LogP contribution in [0.15, 0.2) is 12.2 Å². The van der Waals surface area contributed by atoms with Crippen molar-refractivity contribution in [2.24, 2.45) is 5.41 Å². The molecule has 1 heterocycles. The second-order valence-corrected chi connectivity index (χ2v) is 4.87. The molecule has 0 fully saturated rings. The Labute approximate surface area is 88.9 Å². The quantitative estimate of drug-likeness (QED) is 0.649. The van der Waals surface area contributed by atoms with E-state index < -0.39 is 11.8 Å². The molecule has 0 atom stereocenters. The highest BCUT2D eigenvalue weighted by Gasteiger charge is 2.27. The lowest BCUT2D eigenvalue weighted by Gasteiger charge is -2.19. The van der Waals surface area contributed by atoms with Gasteiger partial charge in [-0.25, -0.2) is 0 Å². The molecule has 0 aliphatic carbocycles. The maximum Gasteiger partial charge on any atom is 0.254 e. The standard InChI is InChI=1S/C11H15NO3/c1-11(2,3)6-8(13)7-12-9(14)4-5-10(12)15/h4-5H,6-7H2,1-3H3. The van der Waals surface area contributed by atoms with Gasteiger partial charge in [-0.2, -0.15) is 0 Å². The Morgan fingerprint density at radius 2 is 1.67 bits per heavy atom. The molecule has 82 valence electrons. The van der Waals surface area contributed by atoms with Crippen molar-refractivity contribution >= 4 is 17.6 Å². The Kier molecular flexibility index (Phi) is 3.07. The van der Waals surface area contributed by atoms with Crippen molar-refractivity contribution in [1.29, 1.82) is 0 Å². The lowest BCUT2D eigenvalue weighted by atomic mass is 9.90. The predicted molar refractivity (Wildman–Crippen MR) is 54.9 cm³/mol. The monoisotopic (exact) mass is 209 g/mol. The van der Waals surface area contributed by atoms with Gasteiger partial charge in [-0.3, -0.25) is 19.3 Å². The molecule has 0 N–H and O–H groups in total. The van der Waals surface area contributed by atoms with Gasteiger partial charge in [0.25, 0.3) is 11.8 Å². The molecule has 1 aliphatic rings. The van der Waals surface area contributed by atoms with Gasteiger partial charge in [0.1, 0.15) is 0 Å². The third-order valence-electron chi connectivity index (χ3n) is 1.96. The summed E-state index contributed by atoms with van der Waals surface area (Å²) in [6, 6.07) is 0. The molecule has 4 heteroatoms. The van der Waals surface area contributed by atoms with Gasteiger partial charge in [0.15, 0.2) is 5.78 Å². The topological polar surface area (TPSA) is 54.5 Å². The lowest BCUT2D eigenvalue weighted by molar-refractivity contribution is -0.140. The van der Waals surface area contributed by atoms with Crippen LogP contribution in [0.5, 0.6) is 0 Å². The maximum absolute atomic E-state index is 11.5. The average molecular weight is 209 g/mol. The minimum absolute atomic E-state index is 0.0899. The van der Waals surface area contributed by atoms with Crippen LogP contribution in [0.2, 0.25) is 0 Å². The predicted octanol–water partition coefficient (Wildman–Crippen LogP) is 0.917. The number of hydrogen-bond acceptors (Lipinski definition) is 3. The highest BCUT2D eigenvalue weighted by Crippen LogP contribution is 2.19. The third-order valence-corrected chi connectivity index (χ3v) is 1.96. The van der Waals surface area contributed by atoms with Crippen LogP contribution in [0.25, 0.3) is 0 Å². The smallest absolute Gasteiger partial charge is 0.254 e. The molecule has 0 saturated carbocycles. The van der Waals surface area contributed by atoms with E-state index in [9.17, 15) is 14.4 Å². The summed E-state index contributed by atoms with van der Waals surface area (Å²) < 4.78 is 0. The Morgan fingerprint density at radius 1 is 1.20 bits per heavy atom. The largest absolute Gasteiger partial charge is 0.298 e. The SMILES string of the molecule is CC(C)(C)CC(=O)CN1C(=O)C=CC1=O. The number of nitrogens with zero attached hydrogens (tertiary/aromatic N) is 1. The molecule has 0 aromatic heterocycles. The lowest BCUT2D eigenvalue weighted by Crippen LogP contribution is -2.36. The van der Waals surface area contributed by atoms with Gasteiger partial charge in [0, 0.05) is 18.6 Å². The van der Waals surface area contributed by atoms with Crippen molar-refractivity contribution in [2.45, 2.75) is 27.2 Å². The van der Waals surface area contributed by atoms with E-state index in [1.807, 2.05) is 20.8 Å². The summed E-state index contributed by atoms with van der Waals surface area (Å²) in [6.07, 6.45) is 2.74. The number of carbonyl (C=O) groups excluding carboxylic acids is 3. The maximum atomic E-state index is 11.5. The summed E-state index contributed by atoms with van der Waals surface area (Å²) in [5, 5.41) is 0. The fourth-order valence-corrected chi connectivity index (χ4v) is 1.41. The average Bonchev–Trinajstić information content (AvgIpc) is 2.32. The third kappa shape index (κ3) is 3.31. The molecule has 0 unspecified atom stereocenters. The van der Waals surface area contributed by atoms with Crippen LogP contribution >= 0.6 is 0 Å². The number of imide groups is 1. The molecule has 1 rings (SSSR count). The molecular weight excluding hydrogens is 194 g/mol. The molecule has 0 aromatic rings. The highest BCUT2D eigenvalue weighted by molar-refractivity contribution is 6.14. The van der Waals surface area contributed by atoms with E-state index in [-0.39, 0.29) is 17.7 Å². The Morgan fingerprint density at radius 3 is 2.07 bits per heavy atom. The minimum Gasteiger partial charge on any atom is -0.298 e. The summed E-state index contributed by atoms with van der Waals surface area (Å²) in [6.45, 7) is 5.71. The Bertz CT molecular complexity index is 318. The molecule has 0 bridgehead atoms. The van der Waals surface area contributed by atoms with Crippen LogP contribution in [0.3, 0.4) is 0 Å². The number of ketones is 1. The van der Waals surface area contributed by atoms with E-state index in [0.29, 0.717) is 6.42 Å². The number of rotatable bonds is 3. The van der Waals surface area contributed by atoms with Crippen LogP contribution < -0.4 is 0 Å². The van der Waals surface area contributed by atoms with Crippen LogP contribution in [0, 0.1) is 5.41 Å². The van der Waals surface area contributed by atoms with Crippen molar-refractivity contribution in [3.05, 3.63) is 12.2 Å². The Balaban J connectivity index is 2.53. The summed E-state index contributed by atoms with van der Waals surface area (Å²) in [5.41, 5.74) is -0.115. The minimum atomic E-state index is -0.401. The zero-order chi connectivity index (χ0) is 11.6. The van der Waals surface area contributed by atoms with Gasteiger partial charge in [-0.1, -0.05) is 20.8 Å². The molecule has 15 heavy (non-hydrogen) atoms. The number of Topliss-reactive ketones (excluding diaryl/α,β-unsaturated/α-hetero) is 1. The summed E-state index contributed by atoms with van der Waals surface area (Å²) >= 11 is 0. The first-order chi connectivity index (χ1) is 6.79. The van der Waals surface area contributed by atoms with Crippen molar-refractivity contribution < 1.29 is 14.4 Å². The summed E-state index contributed by atoms with van der Waals surface area (Å²) in [4.78, 5) is 34.8. The van der Waals surface area contributed by atoms with Crippen molar-refractivity contribution in [3.8, 4) is 0 Å². The van der Waals surface area contributed by atoms with E-state index in [0.717, 1.165) is 4.90 Å². The Hall–Kier alpha value is -1.45. The van der Waals surface area contributed by atoms with Crippen molar-refractivity contribution in [1.82, 2.24) is 4.90 Å². The molecule has 0 saturated heterocycles. The molecule has 0 aromatic carbocycles. The zero-order valence-corrected chi connectivity index (χ0v) is 9.24. The number of hydrogen-bond donors (Lipinski definition) is 0. The van der Waals surface area contributed by atoms with E-state index in [1.165, 1.54) is 12.2 Å². The van der Waals surface area contributed by atoms with E-state index in [4.69, 9.17) is 0 Å². The number of carbonyl (C=O) groups is 3. The molecule has 2 amide bonds. The van der Waals surface area contributed by atoms with Gasteiger partial charge >= 0.3 is 0 Å². The second kappa shape index (κ2) is 3.96. The first-order valence-corrected chi connectivity index (χ1v) is 4.85.